The molecule has 2 N–H and O–H groups in total. The van der Waals surface area contributed by atoms with Gasteiger partial charge in [-0.3, -0.25) is 0 Å². The number of benzene rings is 2. The molecule has 0 spiro atoms. The molecule has 0 unspecified atom stereocenters. The first-order valence-corrected chi connectivity index (χ1v) is 5.91. The highest BCUT2D eigenvalue weighted by Crippen LogP contribution is 2.24. The topological polar surface area (TPSA) is 35.2 Å². The van der Waals surface area contributed by atoms with Crippen LogP contribution in [0.3, 0.4) is 0 Å². The minimum Gasteiger partial charge on any atom is -0.457 e. The molecular weight excluding hydrogens is 229 g/mol. The van der Waals surface area contributed by atoms with Crippen molar-refractivity contribution in [2.75, 3.05) is 6.54 Å². The summed E-state index contributed by atoms with van der Waals surface area (Å²) in [7, 11) is 0. The van der Waals surface area contributed by atoms with E-state index in [0.29, 0.717) is 24.5 Å². The third kappa shape index (κ3) is 3.31. The maximum Gasteiger partial charge on any atom is 0.130 e. The molecule has 2 rings (SSSR count). The number of halogens is 1. The molecule has 2 nitrogen and oxygen atoms in total. The standard InChI is InChI=1S/C15H16FNO/c1-11-2-4-14(5-3-11)18-15-9-12(6-7-17)8-13(16)10-15/h2-5,8-10H,6-7,17H2,1H3. The van der Waals surface area contributed by atoms with Gasteiger partial charge in [-0.05, 0) is 49.7 Å². The van der Waals surface area contributed by atoms with Crippen LogP contribution in [0, 0.1) is 12.7 Å². The lowest BCUT2D eigenvalue weighted by molar-refractivity contribution is 0.475. The summed E-state index contributed by atoms with van der Waals surface area (Å²) < 4.78 is 19.0. The molecule has 0 atom stereocenters. The molecule has 0 aliphatic heterocycles. The van der Waals surface area contributed by atoms with Crippen molar-refractivity contribution in [2.24, 2.45) is 5.73 Å². The number of nitrogens with two attached hydrogens (primary N) is 1. The monoisotopic (exact) mass is 245 g/mol. The molecule has 18 heavy (non-hydrogen) atoms. The SMILES string of the molecule is Cc1ccc(Oc2cc(F)cc(CCN)c2)cc1. The van der Waals surface area contributed by atoms with Crippen LogP contribution in [-0.2, 0) is 6.42 Å². The second-order valence-electron chi connectivity index (χ2n) is 4.25. The van der Waals surface area contributed by atoms with Crippen LogP contribution in [-0.4, -0.2) is 6.54 Å². The lowest BCUT2D eigenvalue weighted by Gasteiger charge is -2.08. The number of ether oxygens (including phenoxy) is 1. The number of aryl methyl sites for hydroxylation is 1. The van der Waals surface area contributed by atoms with Crippen LogP contribution in [0.4, 0.5) is 4.39 Å². The molecule has 2 aromatic carbocycles. The molecule has 0 aliphatic carbocycles. The van der Waals surface area contributed by atoms with Gasteiger partial charge in [0, 0.05) is 6.07 Å². The van der Waals surface area contributed by atoms with Gasteiger partial charge in [0.1, 0.15) is 17.3 Å². The summed E-state index contributed by atoms with van der Waals surface area (Å²) in [4.78, 5) is 0. The lowest BCUT2D eigenvalue weighted by Crippen LogP contribution is -2.03. The first-order chi connectivity index (χ1) is 8.67. The van der Waals surface area contributed by atoms with E-state index in [2.05, 4.69) is 0 Å². The van der Waals surface area contributed by atoms with Gasteiger partial charge in [-0.15, -0.1) is 0 Å². The highest BCUT2D eigenvalue weighted by Gasteiger charge is 2.03. The predicted molar refractivity (Wildman–Crippen MR) is 70.4 cm³/mol. The Hall–Kier alpha value is -1.87. The highest BCUT2D eigenvalue weighted by atomic mass is 19.1. The molecule has 0 aromatic heterocycles. The Labute approximate surface area is 106 Å². The number of rotatable bonds is 4. The zero-order valence-corrected chi connectivity index (χ0v) is 10.3. The van der Waals surface area contributed by atoms with E-state index in [1.54, 1.807) is 0 Å². The molecule has 94 valence electrons. The van der Waals surface area contributed by atoms with Gasteiger partial charge in [0.25, 0.3) is 0 Å². The molecule has 0 heterocycles. The highest BCUT2D eigenvalue weighted by molar-refractivity contribution is 5.35. The Morgan fingerprint density at radius 2 is 1.78 bits per heavy atom. The van der Waals surface area contributed by atoms with E-state index in [9.17, 15) is 4.39 Å². The molecule has 0 amide bonds. The molecule has 0 bridgehead atoms. The first-order valence-electron chi connectivity index (χ1n) is 5.91. The first kappa shape index (κ1) is 12.6. The zero-order valence-electron chi connectivity index (χ0n) is 10.3. The largest absolute Gasteiger partial charge is 0.457 e. The third-order valence-corrected chi connectivity index (χ3v) is 2.62. The van der Waals surface area contributed by atoms with E-state index in [1.807, 2.05) is 37.3 Å². The van der Waals surface area contributed by atoms with Crippen molar-refractivity contribution >= 4 is 0 Å². The molecule has 2 aromatic rings. The summed E-state index contributed by atoms with van der Waals surface area (Å²) in [6.45, 7) is 2.50. The minimum atomic E-state index is -0.303. The fourth-order valence-corrected chi connectivity index (χ4v) is 1.73. The summed E-state index contributed by atoms with van der Waals surface area (Å²) in [5, 5.41) is 0. The van der Waals surface area contributed by atoms with Crippen LogP contribution >= 0.6 is 0 Å². The van der Waals surface area contributed by atoms with Gasteiger partial charge in [-0.2, -0.15) is 0 Å². The van der Waals surface area contributed by atoms with Crippen molar-refractivity contribution < 1.29 is 9.13 Å². The number of hydrogen-bond acceptors (Lipinski definition) is 2. The summed E-state index contributed by atoms with van der Waals surface area (Å²) in [6, 6.07) is 12.3. The van der Waals surface area contributed by atoms with Gasteiger partial charge < -0.3 is 10.5 Å². The van der Waals surface area contributed by atoms with Gasteiger partial charge in [-0.1, -0.05) is 17.7 Å². The average molecular weight is 245 g/mol. The molecule has 0 fully saturated rings. The number of hydrogen-bond donors (Lipinski definition) is 1. The van der Waals surface area contributed by atoms with Gasteiger partial charge in [0.05, 0.1) is 0 Å². The van der Waals surface area contributed by atoms with Crippen molar-refractivity contribution in [3.05, 3.63) is 59.4 Å². The van der Waals surface area contributed by atoms with Crippen molar-refractivity contribution in [1.82, 2.24) is 0 Å². The van der Waals surface area contributed by atoms with Gasteiger partial charge in [0.15, 0.2) is 0 Å². The molecule has 0 saturated carbocycles. The third-order valence-electron chi connectivity index (χ3n) is 2.62. The Kier molecular flexibility index (Phi) is 3.95. The van der Waals surface area contributed by atoms with Crippen LogP contribution in [0.15, 0.2) is 42.5 Å². The zero-order chi connectivity index (χ0) is 13.0. The van der Waals surface area contributed by atoms with E-state index < -0.39 is 0 Å². The Morgan fingerprint density at radius 1 is 1.06 bits per heavy atom. The predicted octanol–water partition coefficient (Wildman–Crippen LogP) is 3.43. The molecule has 0 radical (unpaired) electrons. The maximum absolute atomic E-state index is 13.4. The molecule has 3 heteroatoms. The van der Waals surface area contributed by atoms with Crippen molar-refractivity contribution in [2.45, 2.75) is 13.3 Å². The van der Waals surface area contributed by atoms with E-state index in [-0.39, 0.29) is 5.82 Å². The van der Waals surface area contributed by atoms with E-state index in [1.165, 1.54) is 12.1 Å². The van der Waals surface area contributed by atoms with Crippen molar-refractivity contribution in [3.8, 4) is 11.5 Å². The average Bonchev–Trinajstić information content (AvgIpc) is 2.32. The summed E-state index contributed by atoms with van der Waals surface area (Å²) >= 11 is 0. The second kappa shape index (κ2) is 5.65. The normalized spacial score (nSPS) is 10.4. The minimum absolute atomic E-state index is 0.303. The van der Waals surface area contributed by atoms with E-state index in [4.69, 9.17) is 10.5 Å². The van der Waals surface area contributed by atoms with Gasteiger partial charge in [-0.25, -0.2) is 4.39 Å². The van der Waals surface area contributed by atoms with E-state index >= 15 is 0 Å². The Balaban J connectivity index is 2.20. The second-order valence-corrected chi connectivity index (χ2v) is 4.25. The van der Waals surface area contributed by atoms with Crippen molar-refractivity contribution in [1.29, 1.82) is 0 Å². The molecule has 0 saturated heterocycles. The maximum atomic E-state index is 13.4. The van der Waals surface area contributed by atoms with Crippen LogP contribution < -0.4 is 10.5 Å². The Bertz CT molecular complexity index is 523. The van der Waals surface area contributed by atoms with Crippen molar-refractivity contribution in [3.63, 3.8) is 0 Å². The van der Waals surface area contributed by atoms with Crippen LogP contribution in [0.1, 0.15) is 11.1 Å². The molecular formula is C15H16FNO. The lowest BCUT2D eigenvalue weighted by atomic mass is 10.1. The smallest absolute Gasteiger partial charge is 0.130 e. The quantitative estimate of drug-likeness (QED) is 0.895. The van der Waals surface area contributed by atoms with Gasteiger partial charge in [0.2, 0.25) is 0 Å². The van der Waals surface area contributed by atoms with Crippen LogP contribution in [0.2, 0.25) is 0 Å². The summed E-state index contributed by atoms with van der Waals surface area (Å²) in [5.74, 6) is 0.898. The van der Waals surface area contributed by atoms with Crippen LogP contribution in [0.25, 0.3) is 0 Å². The Morgan fingerprint density at radius 3 is 2.44 bits per heavy atom. The summed E-state index contributed by atoms with van der Waals surface area (Å²) in [6.07, 6.45) is 0.641. The summed E-state index contributed by atoms with van der Waals surface area (Å²) in [5.41, 5.74) is 7.47. The van der Waals surface area contributed by atoms with E-state index in [0.717, 1.165) is 11.1 Å². The fraction of sp³-hybridized carbons (Fsp3) is 0.200. The van der Waals surface area contributed by atoms with Gasteiger partial charge >= 0.3 is 0 Å². The fourth-order valence-electron chi connectivity index (χ4n) is 1.73. The molecule has 0 aliphatic rings. The van der Waals surface area contributed by atoms with Crippen LogP contribution in [0.5, 0.6) is 11.5 Å².